The number of hydrogen-bond donors (Lipinski definition) is 1. The SMILES string of the molecule is CCN(C(=O)CCc1c(C)[nH]c(=O)c(C#N)c1C)c1ccc2ccccc2c1. The van der Waals surface area contributed by atoms with Gasteiger partial charge in [-0.15, -0.1) is 0 Å². The Hall–Kier alpha value is -3.39. The third kappa shape index (κ3) is 3.67. The first kappa shape index (κ1) is 19.4. The summed E-state index contributed by atoms with van der Waals surface area (Å²) >= 11 is 0. The number of aromatic nitrogens is 1. The van der Waals surface area contributed by atoms with E-state index in [1.807, 2.05) is 55.5 Å². The van der Waals surface area contributed by atoms with Crippen LogP contribution >= 0.6 is 0 Å². The lowest BCUT2D eigenvalue weighted by atomic mass is 9.98. The lowest BCUT2D eigenvalue weighted by molar-refractivity contribution is -0.118. The highest BCUT2D eigenvalue weighted by molar-refractivity contribution is 5.96. The zero-order chi connectivity index (χ0) is 20.3. The molecule has 0 aliphatic carbocycles. The number of fused-ring (bicyclic) bond motifs is 1. The van der Waals surface area contributed by atoms with Crippen molar-refractivity contribution >= 4 is 22.4 Å². The molecule has 3 aromatic rings. The number of anilines is 1. The number of carbonyl (C=O) groups excluding carboxylic acids is 1. The first-order valence-electron chi connectivity index (χ1n) is 9.37. The molecule has 5 nitrogen and oxygen atoms in total. The van der Waals surface area contributed by atoms with E-state index in [0.29, 0.717) is 30.6 Å². The van der Waals surface area contributed by atoms with E-state index in [4.69, 9.17) is 0 Å². The molecule has 0 saturated heterocycles. The Morgan fingerprint density at radius 1 is 1.14 bits per heavy atom. The largest absolute Gasteiger partial charge is 0.325 e. The van der Waals surface area contributed by atoms with Crippen LogP contribution in [0, 0.1) is 25.2 Å². The molecule has 0 aliphatic heterocycles. The maximum absolute atomic E-state index is 12.9. The Morgan fingerprint density at radius 2 is 1.86 bits per heavy atom. The van der Waals surface area contributed by atoms with Crippen LogP contribution in [0.2, 0.25) is 0 Å². The number of aryl methyl sites for hydroxylation is 1. The molecule has 0 spiro atoms. The second kappa shape index (κ2) is 8.10. The summed E-state index contributed by atoms with van der Waals surface area (Å²) in [5, 5.41) is 11.4. The zero-order valence-corrected chi connectivity index (χ0v) is 16.4. The molecule has 1 heterocycles. The van der Waals surface area contributed by atoms with Gasteiger partial charge in [-0.05, 0) is 61.2 Å². The summed E-state index contributed by atoms with van der Waals surface area (Å²) in [7, 11) is 0. The molecule has 1 amide bonds. The monoisotopic (exact) mass is 373 g/mol. The van der Waals surface area contributed by atoms with Crippen molar-refractivity contribution in [3.8, 4) is 6.07 Å². The van der Waals surface area contributed by atoms with Crippen molar-refractivity contribution in [1.82, 2.24) is 4.98 Å². The normalized spacial score (nSPS) is 10.6. The van der Waals surface area contributed by atoms with E-state index >= 15 is 0 Å². The molecule has 3 rings (SSSR count). The number of amides is 1. The molecule has 1 N–H and O–H groups in total. The topological polar surface area (TPSA) is 77.0 Å². The standard InChI is InChI=1S/C23H23N3O2/c1-4-26(19-10-9-17-7-5-6-8-18(17)13-19)22(27)12-11-20-15(2)21(14-24)23(28)25-16(20)3/h5-10,13H,4,11-12H2,1-3H3,(H,25,28). The van der Waals surface area contributed by atoms with Gasteiger partial charge in [0.25, 0.3) is 5.56 Å². The van der Waals surface area contributed by atoms with Gasteiger partial charge in [-0.3, -0.25) is 9.59 Å². The molecule has 0 bridgehead atoms. The van der Waals surface area contributed by atoms with E-state index in [1.54, 1.807) is 18.7 Å². The lowest BCUT2D eigenvalue weighted by Crippen LogP contribution is -2.31. The van der Waals surface area contributed by atoms with Crippen molar-refractivity contribution in [3.05, 3.63) is 75.2 Å². The Bertz CT molecular complexity index is 1140. The highest BCUT2D eigenvalue weighted by atomic mass is 16.2. The Morgan fingerprint density at radius 3 is 2.54 bits per heavy atom. The highest BCUT2D eigenvalue weighted by Crippen LogP contribution is 2.23. The summed E-state index contributed by atoms with van der Waals surface area (Å²) in [6.45, 7) is 6.10. The number of benzene rings is 2. The van der Waals surface area contributed by atoms with Crippen LogP contribution in [-0.2, 0) is 11.2 Å². The number of pyridine rings is 1. The second-order valence-electron chi connectivity index (χ2n) is 6.84. The molecular formula is C23H23N3O2. The van der Waals surface area contributed by atoms with E-state index in [9.17, 15) is 14.9 Å². The molecule has 0 unspecified atom stereocenters. The predicted molar refractivity (Wildman–Crippen MR) is 112 cm³/mol. The molecule has 0 radical (unpaired) electrons. The van der Waals surface area contributed by atoms with E-state index < -0.39 is 0 Å². The maximum atomic E-state index is 12.9. The zero-order valence-electron chi connectivity index (χ0n) is 16.4. The van der Waals surface area contributed by atoms with Crippen LogP contribution < -0.4 is 10.5 Å². The maximum Gasteiger partial charge on any atom is 0.266 e. The first-order valence-corrected chi connectivity index (χ1v) is 9.37. The van der Waals surface area contributed by atoms with Gasteiger partial charge in [0, 0.05) is 24.3 Å². The van der Waals surface area contributed by atoms with Crippen molar-refractivity contribution in [2.24, 2.45) is 0 Å². The number of rotatable bonds is 5. The van der Waals surface area contributed by atoms with Crippen LogP contribution in [0.5, 0.6) is 0 Å². The van der Waals surface area contributed by atoms with Gasteiger partial charge in [0.1, 0.15) is 11.6 Å². The van der Waals surface area contributed by atoms with Gasteiger partial charge < -0.3 is 9.88 Å². The molecule has 1 aromatic heterocycles. The summed E-state index contributed by atoms with van der Waals surface area (Å²) in [4.78, 5) is 29.3. The van der Waals surface area contributed by atoms with Crippen molar-refractivity contribution < 1.29 is 4.79 Å². The molecule has 0 atom stereocenters. The second-order valence-corrected chi connectivity index (χ2v) is 6.84. The van der Waals surface area contributed by atoms with Gasteiger partial charge in [0.15, 0.2) is 0 Å². The fourth-order valence-corrected chi connectivity index (χ4v) is 3.63. The van der Waals surface area contributed by atoms with Gasteiger partial charge in [-0.1, -0.05) is 30.3 Å². The van der Waals surface area contributed by atoms with Crippen molar-refractivity contribution in [2.45, 2.75) is 33.6 Å². The van der Waals surface area contributed by atoms with E-state index in [0.717, 1.165) is 22.0 Å². The Labute approximate surface area is 164 Å². The fourth-order valence-electron chi connectivity index (χ4n) is 3.63. The quantitative estimate of drug-likeness (QED) is 0.734. The minimum Gasteiger partial charge on any atom is -0.325 e. The van der Waals surface area contributed by atoms with E-state index in [1.165, 1.54) is 0 Å². The van der Waals surface area contributed by atoms with Crippen LogP contribution in [-0.4, -0.2) is 17.4 Å². The Kier molecular flexibility index (Phi) is 5.60. The summed E-state index contributed by atoms with van der Waals surface area (Å²) in [5.41, 5.74) is 2.85. The highest BCUT2D eigenvalue weighted by Gasteiger charge is 2.17. The molecule has 0 fully saturated rings. The average Bonchev–Trinajstić information content (AvgIpc) is 2.68. The number of hydrogen-bond acceptors (Lipinski definition) is 3. The molecule has 0 saturated carbocycles. The molecular weight excluding hydrogens is 350 g/mol. The van der Waals surface area contributed by atoms with Crippen LogP contribution in [0.25, 0.3) is 10.8 Å². The number of nitriles is 1. The molecule has 142 valence electrons. The van der Waals surface area contributed by atoms with Crippen molar-refractivity contribution in [1.29, 1.82) is 5.26 Å². The Balaban J connectivity index is 1.83. The van der Waals surface area contributed by atoms with Crippen LogP contribution in [0.1, 0.15) is 35.7 Å². The number of carbonyl (C=O) groups is 1. The fraction of sp³-hybridized carbons (Fsp3) is 0.261. The van der Waals surface area contributed by atoms with E-state index in [-0.39, 0.29) is 17.0 Å². The van der Waals surface area contributed by atoms with Crippen molar-refractivity contribution in [2.75, 3.05) is 11.4 Å². The number of H-pyrrole nitrogens is 1. The van der Waals surface area contributed by atoms with Crippen LogP contribution in [0.3, 0.4) is 0 Å². The number of aromatic amines is 1. The van der Waals surface area contributed by atoms with Gasteiger partial charge in [0.2, 0.25) is 5.91 Å². The van der Waals surface area contributed by atoms with Gasteiger partial charge >= 0.3 is 0 Å². The molecule has 2 aromatic carbocycles. The lowest BCUT2D eigenvalue weighted by Gasteiger charge is -2.22. The number of nitrogens with zero attached hydrogens (tertiary/aromatic N) is 2. The predicted octanol–water partition coefficient (Wildman–Crippen LogP) is 4.00. The molecule has 5 heteroatoms. The van der Waals surface area contributed by atoms with Gasteiger partial charge in [-0.2, -0.15) is 5.26 Å². The minimum absolute atomic E-state index is 0.0151. The van der Waals surface area contributed by atoms with E-state index in [2.05, 4.69) is 4.98 Å². The molecule has 28 heavy (non-hydrogen) atoms. The smallest absolute Gasteiger partial charge is 0.266 e. The summed E-state index contributed by atoms with van der Waals surface area (Å²) < 4.78 is 0. The summed E-state index contributed by atoms with van der Waals surface area (Å²) in [6, 6.07) is 16.0. The molecule has 0 aliphatic rings. The summed E-state index contributed by atoms with van der Waals surface area (Å²) in [5.74, 6) is 0.0151. The first-order chi connectivity index (χ1) is 13.5. The minimum atomic E-state index is -0.376. The average molecular weight is 373 g/mol. The van der Waals surface area contributed by atoms with Crippen LogP contribution in [0.15, 0.2) is 47.3 Å². The van der Waals surface area contributed by atoms with Crippen molar-refractivity contribution in [3.63, 3.8) is 0 Å². The number of nitrogens with one attached hydrogen (secondary N) is 1. The van der Waals surface area contributed by atoms with Gasteiger partial charge in [0.05, 0.1) is 0 Å². The van der Waals surface area contributed by atoms with Gasteiger partial charge in [-0.25, -0.2) is 0 Å². The third-order valence-corrected chi connectivity index (χ3v) is 5.17. The van der Waals surface area contributed by atoms with Crippen LogP contribution in [0.4, 0.5) is 5.69 Å². The third-order valence-electron chi connectivity index (χ3n) is 5.17. The summed E-state index contributed by atoms with van der Waals surface area (Å²) in [6.07, 6.45) is 0.783.